The molecule has 0 spiro atoms. The minimum Gasteiger partial charge on any atom is -0.321 e. The van der Waals surface area contributed by atoms with Gasteiger partial charge in [-0.2, -0.15) is 5.10 Å². The molecule has 1 saturated heterocycles. The van der Waals surface area contributed by atoms with Crippen molar-refractivity contribution in [2.75, 3.05) is 19.6 Å². The lowest BCUT2D eigenvalue weighted by atomic mass is 10.1. The Labute approximate surface area is 90.0 Å². The van der Waals surface area contributed by atoms with Gasteiger partial charge in [-0.1, -0.05) is 6.92 Å². The van der Waals surface area contributed by atoms with Crippen LogP contribution < -0.4 is 5.73 Å². The summed E-state index contributed by atoms with van der Waals surface area (Å²) in [7, 11) is 0. The number of nitrogens with zero attached hydrogens (tertiary/aromatic N) is 3. The van der Waals surface area contributed by atoms with E-state index >= 15 is 0 Å². The second kappa shape index (κ2) is 3.06. The molecule has 0 amide bonds. The molecule has 2 N–H and O–H groups in total. The number of rotatable bonds is 3. The Kier molecular flexibility index (Phi) is 1.91. The van der Waals surface area contributed by atoms with Gasteiger partial charge in [0.2, 0.25) is 0 Å². The Morgan fingerprint density at radius 3 is 2.87 bits per heavy atom. The molecule has 4 nitrogen and oxygen atoms in total. The molecule has 3 rings (SSSR count). The van der Waals surface area contributed by atoms with E-state index in [4.69, 9.17) is 5.73 Å². The molecule has 1 saturated carbocycles. The summed E-state index contributed by atoms with van der Waals surface area (Å²) in [6, 6.07) is 0.570. The molecule has 0 radical (unpaired) electrons. The molecule has 1 aliphatic carbocycles. The van der Waals surface area contributed by atoms with E-state index in [0.29, 0.717) is 6.04 Å². The number of likely N-dealkylation sites (N-methyl/N-ethyl adjacent to an activating group) is 1. The predicted molar refractivity (Wildman–Crippen MR) is 58.5 cm³/mol. The Morgan fingerprint density at radius 1 is 1.53 bits per heavy atom. The molecule has 0 unspecified atom stereocenters. The molecule has 2 aliphatic rings. The van der Waals surface area contributed by atoms with E-state index in [9.17, 15) is 0 Å². The van der Waals surface area contributed by atoms with Crippen molar-refractivity contribution in [3.63, 3.8) is 0 Å². The fourth-order valence-corrected chi connectivity index (χ4v) is 2.19. The first-order valence-corrected chi connectivity index (χ1v) is 5.77. The molecule has 82 valence electrons. The SMILES string of the molecule is CCN1CC(n2cc(C3(N)CC3)cn2)C1. The smallest absolute Gasteiger partial charge is 0.0772 e. The maximum Gasteiger partial charge on any atom is 0.0772 e. The second-order valence-corrected chi connectivity index (χ2v) is 4.87. The number of nitrogens with two attached hydrogens (primary N) is 1. The highest BCUT2D eigenvalue weighted by Crippen LogP contribution is 2.42. The highest BCUT2D eigenvalue weighted by molar-refractivity contribution is 5.24. The Morgan fingerprint density at radius 2 is 2.27 bits per heavy atom. The van der Waals surface area contributed by atoms with Crippen molar-refractivity contribution in [1.82, 2.24) is 14.7 Å². The summed E-state index contributed by atoms with van der Waals surface area (Å²) < 4.78 is 2.09. The summed E-state index contributed by atoms with van der Waals surface area (Å²) in [5, 5.41) is 4.42. The summed E-state index contributed by atoms with van der Waals surface area (Å²) in [5.74, 6) is 0. The third kappa shape index (κ3) is 1.48. The van der Waals surface area contributed by atoms with E-state index in [0.717, 1.165) is 32.5 Å². The van der Waals surface area contributed by atoms with E-state index in [-0.39, 0.29) is 5.54 Å². The third-order valence-electron chi connectivity index (χ3n) is 3.72. The van der Waals surface area contributed by atoms with Gasteiger partial charge in [0.25, 0.3) is 0 Å². The van der Waals surface area contributed by atoms with Crippen LogP contribution in [0, 0.1) is 0 Å². The summed E-state index contributed by atoms with van der Waals surface area (Å²) in [4.78, 5) is 2.42. The summed E-state index contributed by atoms with van der Waals surface area (Å²) in [5.41, 5.74) is 7.32. The Hall–Kier alpha value is -0.870. The van der Waals surface area contributed by atoms with Crippen LogP contribution in [0.25, 0.3) is 0 Å². The maximum atomic E-state index is 6.13. The van der Waals surface area contributed by atoms with E-state index in [2.05, 4.69) is 27.8 Å². The van der Waals surface area contributed by atoms with E-state index in [1.807, 2.05) is 6.20 Å². The van der Waals surface area contributed by atoms with Gasteiger partial charge >= 0.3 is 0 Å². The summed E-state index contributed by atoms with van der Waals surface area (Å²) >= 11 is 0. The first-order chi connectivity index (χ1) is 7.21. The van der Waals surface area contributed by atoms with Gasteiger partial charge in [-0.05, 0) is 19.4 Å². The summed E-state index contributed by atoms with van der Waals surface area (Å²) in [6.45, 7) is 5.61. The molecular weight excluding hydrogens is 188 g/mol. The zero-order valence-corrected chi connectivity index (χ0v) is 9.19. The third-order valence-corrected chi connectivity index (χ3v) is 3.72. The average Bonchev–Trinajstić information content (AvgIpc) is 2.74. The minimum absolute atomic E-state index is 0.0353. The van der Waals surface area contributed by atoms with Crippen LogP contribution in [0.1, 0.15) is 31.4 Å². The standard InChI is InChI=1S/C11H18N4/c1-2-14-7-10(8-14)15-6-9(5-13-15)11(12)3-4-11/h5-6,10H,2-4,7-8,12H2,1H3. The second-order valence-electron chi connectivity index (χ2n) is 4.87. The van der Waals surface area contributed by atoms with Gasteiger partial charge in [0.15, 0.2) is 0 Å². The fraction of sp³-hybridized carbons (Fsp3) is 0.727. The lowest BCUT2D eigenvalue weighted by Gasteiger charge is -2.38. The van der Waals surface area contributed by atoms with Crippen molar-refractivity contribution < 1.29 is 0 Å². The van der Waals surface area contributed by atoms with Gasteiger partial charge in [0, 0.05) is 30.4 Å². The quantitative estimate of drug-likeness (QED) is 0.792. The Balaban J connectivity index is 1.70. The van der Waals surface area contributed by atoms with Crippen LogP contribution in [0.4, 0.5) is 0 Å². The van der Waals surface area contributed by atoms with Crippen LogP contribution in [0.3, 0.4) is 0 Å². The molecule has 2 fully saturated rings. The Bertz CT molecular complexity index is 360. The van der Waals surface area contributed by atoms with Gasteiger partial charge in [-0.25, -0.2) is 0 Å². The van der Waals surface area contributed by atoms with Gasteiger partial charge in [-0.3, -0.25) is 9.58 Å². The highest BCUT2D eigenvalue weighted by Gasteiger charge is 2.41. The monoisotopic (exact) mass is 206 g/mol. The van der Waals surface area contributed by atoms with Gasteiger partial charge in [-0.15, -0.1) is 0 Å². The van der Waals surface area contributed by atoms with Crippen LogP contribution in [-0.2, 0) is 5.54 Å². The first kappa shape index (κ1) is 9.36. The molecule has 2 heterocycles. The zero-order chi connectivity index (χ0) is 10.5. The van der Waals surface area contributed by atoms with Crippen LogP contribution in [-0.4, -0.2) is 34.3 Å². The molecule has 1 aromatic rings. The van der Waals surface area contributed by atoms with Crippen LogP contribution >= 0.6 is 0 Å². The molecule has 0 bridgehead atoms. The molecule has 15 heavy (non-hydrogen) atoms. The summed E-state index contributed by atoms with van der Waals surface area (Å²) in [6.07, 6.45) is 6.32. The van der Waals surface area contributed by atoms with Crippen LogP contribution in [0.2, 0.25) is 0 Å². The van der Waals surface area contributed by atoms with Crippen molar-refractivity contribution in [1.29, 1.82) is 0 Å². The molecular formula is C11H18N4. The number of likely N-dealkylation sites (tertiary alicyclic amines) is 1. The van der Waals surface area contributed by atoms with Gasteiger partial charge in [0.1, 0.15) is 0 Å². The van der Waals surface area contributed by atoms with E-state index < -0.39 is 0 Å². The molecule has 0 atom stereocenters. The zero-order valence-electron chi connectivity index (χ0n) is 9.19. The molecule has 1 aliphatic heterocycles. The van der Waals surface area contributed by atoms with Gasteiger partial charge in [0.05, 0.1) is 12.2 Å². The number of hydrogen-bond donors (Lipinski definition) is 1. The van der Waals surface area contributed by atoms with Crippen molar-refractivity contribution >= 4 is 0 Å². The van der Waals surface area contributed by atoms with Crippen LogP contribution in [0.5, 0.6) is 0 Å². The average molecular weight is 206 g/mol. The van der Waals surface area contributed by atoms with E-state index in [1.165, 1.54) is 5.56 Å². The highest BCUT2D eigenvalue weighted by atomic mass is 15.4. The van der Waals surface area contributed by atoms with Crippen molar-refractivity contribution in [2.24, 2.45) is 5.73 Å². The molecule has 4 heteroatoms. The van der Waals surface area contributed by atoms with Crippen molar-refractivity contribution in [3.05, 3.63) is 18.0 Å². The van der Waals surface area contributed by atoms with Crippen molar-refractivity contribution in [2.45, 2.75) is 31.3 Å². The first-order valence-electron chi connectivity index (χ1n) is 5.77. The normalized spacial score (nSPS) is 25.2. The molecule has 1 aromatic heterocycles. The van der Waals surface area contributed by atoms with Crippen molar-refractivity contribution in [3.8, 4) is 0 Å². The lowest BCUT2D eigenvalue weighted by molar-refractivity contribution is 0.105. The fourth-order valence-electron chi connectivity index (χ4n) is 2.19. The van der Waals surface area contributed by atoms with Gasteiger partial charge < -0.3 is 5.73 Å². The predicted octanol–water partition coefficient (Wildman–Crippen LogP) is 0.707. The van der Waals surface area contributed by atoms with Crippen LogP contribution in [0.15, 0.2) is 12.4 Å². The minimum atomic E-state index is -0.0353. The number of aromatic nitrogens is 2. The van der Waals surface area contributed by atoms with E-state index in [1.54, 1.807) is 0 Å². The lowest BCUT2D eigenvalue weighted by Crippen LogP contribution is -2.47. The molecule has 0 aromatic carbocycles. The number of hydrogen-bond acceptors (Lipinski definition) is 3. The maximum absolute atomic E-state index is 6.13. The largest absolute Gasteiger partial charge is 0.321 e. The topological polar surface area (TPSA) is 47.1 Å².